The summed E-state index contributed by atoms with van der Waals surface area (Å²) in [5, 5.41) is 9.32. The Morgan fingerprint density at radius 3 is 2.56 bits per heavy atom. The van der Waals surface area contributed by atoms with Crippen molar-refractivity contribution in [2.75, 3.05) is 30.5 Å². The Morgan fingerprint density at radius 2 is 2.00 bits per heavy atom. The fraction of sp³-hybridized carbons (Fsp3) is 0.364. The number of aryl methyl sites for hydroxylation is 1. The summed E-state index contributed by atoms with van der Waals surface area (Å²) in [5.41, 5.74) is -1.74. The minimum atomic E-state index is -4.84. The van der Waals surface area contributed by atoms with Crippen molar-refractivity contribution in [3.8, 4) is 6.07 Å². The molecule has 2 aromatic rings. The van der Waals surface area contributed by atoms with Crippen LogP contribution in [0, 0.1) is 30.0 Å². The monoisotopic (exact) mass is 498 g/mol. The number of halogens is 5. The van der Waals surface area contributed by atoms with Crippen LogP contribution in [-0.2, 0) is 20.5 Å². The topological polar surface area (TPSA) is 86.5 Å². The van der Waals surface area contributed by atoms with Gasteiger partial charge in [-0.15, -0.1) is 0 Å². The van der Waals surface area contributed by atoms with Gasteiger partial charge in [0.1, 0.15) is 29.3 Å². The molecule has 180 valence electrons. The van der Waals surface area contributed by atoms with Gasteiger partial charge in [0.15, 0.2) is 0 Å². The molecule has 0 aliphatic carbocycles. The number of likely N-dealkylation sites (N-methyl/N-ethyl adjacent to an activating group) is 1. The molecule has 7 nitrogen and oxygen atoms in total. The number of pyridine rings is 1. The van der Waals surface area contributed by atoms with Gasteiger partial charge in [0.05, 0.1) is 23.6 Å². The summed E-state index contributed by atoms with van der Waals surface area (Å²) in [6.07, 6.45) is -4.93. The molecule has 0 saturated carbocycles. The maximum atomic E-state index is 13.6. The van der Waals surface area contributed by atoms with Crippen molar-refractivity contribution in [1.29, 1.82) is 5.26 Å². The number of nitrogens with zero attached hydrogens (tertiary/aromatic N) is 4. The Balaban J connectivity index is 2.10. The molecule has 1 fully saturated rings. The average molecular weight is 499 g/mol. The highest BCUT2D eigenvalue weighted by molar-refractivity contribution is 6.31. The van der Waals surface area contributed by atoms with Crippen molar-refractivity contribution in [2.24, 2.45) is 5.92 Å². The number of carbonyl (C=O) groups is 2. The number of amides is 1. The van der Waals surface area contributed by atoms with Gasteiger partial charge in [0.2, 0.25) is 5.91 Å². The number of rotatable bonds is 4. The van der Waals surface area contributed by atoms with Gasteiger partial charge < -0.3 is 14.5 Å². The minimum absolute atomic E-state index is 0.0206. The van der Waals surface area contributed by atoms with Crippen LogP contribution >= 0.6 is 11.6 Å². The molecule has 1 aromatic carbocycles. The zero-order chi connectivity index (χ0) is 25.4. The molecule has 1 amide bonds. The zero-order valence-corrected chi connectivity index (χ0v) is 19.0. The number of ether oxygens (including phenoxy) is 1. The van der Waals surface area contributed by atoms with Crippen LogP contribution in [-0.4, -0.2) is 43.6 Å². The number of methoxy groups -OCH3 is 1. The van der Waals surface area contributed by atoms with Gasteiger partial charge in [-0.1, -0.05) is 11.6 Å². The molecule has 1 saturated heterocycles. The van der Waals surface area contributed by atoms with Crippen LogP contribution in [0.1, 0.15) is 23.2 Å². The smallest absolute Gasteiger partial charge is 0.417 e. The molecule has 2 heterocycles. The third-order valence-electron chi connectivity index (χ3n) is 5.56. The summed E-state index contributed by atoms with van der Waals surface area (Å²) in [7, 11) is 2.54. The zero-order valence-electron chi connectivity index (χ0n) is 18.3. The van der Waals surface area contributed by atoms with Gasteiger partial charge in [0.25, 0.3) is 0 Å². The molecule has 1 aliphatic rings. The number of hydrogen-bond donors (Lipinski definition) is 0. The fourth-order valence-corrected chi connectivity index (χ4v) is 4.06. The predicted molar refractivity (Wildman–Crippen MR) is 115 cm³/mol. The van der Waals surface area contributed by atoms with Gasteiger partial charge >= 0.3 is 12.1 Å². The summed E-state index contributed by atoms with van der Waals surface area (Å²) in [4.78, 5) is 32.1. The molecule has 2 atom stereocenters. The Kier molecular flexibility index (Phi) is 7.02. The Morgan fingerprint density at radius 1 is 1.32 bits per heavy atom. The first-order valence-electron chi connectivity index (χ1n) is 9.95. The van der Waals surface area contributed by atoms with Crippen molar-refractivity contribution < 1.29 is 31.9 Å². The number of hydrogen-bond acceptors (Lipinski definition) is 6. The SMILES string of the molecule is COC(=O)C1CC(C(=O)N(C)c2ccc(F)c(Cl)c2)N(c2nc(C)cc(C(F)(F)F)c2C#N)C1. The molecule has 0 radical (unpaired) electrons. The summed E-state index contributed by atoms with van der Waals surface area (Å²) < 4.78 is 59.2. The molecule has 0 bridgehead atoms. The Bertz CT molecular complexity index is 1180. The van der Waals surface area contributed by atoms with Crippen LogP contribution in [0.2, 0.25) is 5.02 Å². The molecular weight excluding hydrogens is 480 g/mol. The maximum Gasteiger partial charge on any atom is 0.417 e. The van der Waals surface area contributed by atoms with Crippen molar-refractivity contribution in [3.05, 3.63) is 51.9 Å². The second-order valence-corrected chi connectivity index (χ2v) is 8.15. The standard InChI is InChI=1S/C22H19ClF4N4O3/c1-11-6-15(22(25,26)27)14(9-28)19(29-11)31-10-12(21(33)34-3)7-18(31)20(32)30(2)13-4-5-17(24)16(23)8-13/h4-6,8,12,18H,7,10H2,1-3H3. The summed E-state index contributed by atoms with van der Waals surface area (Å²) >= 11 is 5.81. The highest BCUT2D eigenvalue weighted by atomic mass is 35.5. The molecule has 0 N–H and O–H groups in total. The Hall–Kier alpha value is -3.39. The van der Waals surface area contributed by atoms with E-state index in [4.69, 9.17) is 16.3 Å². The molecule has 2 unspecified atom stereocenters. The van der Waals surface area contributed by atoms with E-state index >= 15 is 0 Å². The van der Waals surface area contributed by atoms with Crippen molar-refractivity contribution in [3.63, 3.8) is 0 Å². The number of benzene rings is 1. The van der Waals surface area contributed by atoms with E-state index in [1.165, 1.54) is 31.0 Å². The third kappa shape index (κ3) is 4.77. The summed E-state index contributed by atoms with van der Waals surface area (Å²) in [5.74, 6) is -3.18. The molecule has 1 aromatic heterocycles. The lowest BCUT2D eigenvalue weighted by Crippen LogP contribution is -2.45. The van der Waals surface area contributed by atoms with Crippen LogP contribution in [0.4, 0.5) is 29.1 Å². The van der Waals surface area contributed by atoms with E-state index in [0.717, 1.165) is 24.1 Å². The normalized spacial score (nSPS) is 17.9. The van der Waals surface area contributed by atoms with Crippen molar-refractivity contribution in [2.45, 2.75) is 25.6 Å². The lowest BCUT2D eigenvalue weighted by Gasteiger charge is -2.30. The number of carbonyl (C=O) groups excluding carboxylic acids is 2. The number of anilines is 2. The molecule has 34 heavy (non-hydrogen) atoms. The molecule has 12 heteroatoms. The largest absolute Gasteiger partial charge is 0.469 e. The van der Waals surface area contributed by atoms with Crippen molar-refractivity contribution >= 4 is 35.0 Å². The van der Waals surface area contributed by atoms with Gasteiger partial charge in [-0.05, 0) is 37.6 Å². The van der Waals surface area contributed by atoms with E-state index in [1.54, 1.807) is 6.07 Å². The number of nitriles is 1. The van der Waals surface area contributed by atoms with Crippen LogP contribution < -0.4 is 9.80 Å². The van der Waals surface area contributed by atoms with Crippen LogP contribution in [0.25, 0.3) is 0 Å². The first kappa shape index (κ1) is 25.2. The van der Waals surface area contributed by atoms with E-state index in [2.05, 4.69) is 4.98 Å². The highest BCUT2D eigenvalue weighted by Crippen LogP contribution is 2.39. The number of esters is 1. The van der Waals surface area contributed by atoms with Crippen LogP contribution in [0.5, 0.6) is 0 Å². The molecule has 0 spiro atoms. The maximum absolute atomic E-state index is 13.6. The van der Waals surface area contributed by atoms with Gasteiger partial charge in [-0.3, -0.25) is 9.59 Å². The predicted octanol–water partition coefficient (Wildman–Crippen LogP) is 4.10. The third-order valence-corrected chi connectivity index (χ3v) is 5.85. The lowest BCUT2D eigenvalue weighted by molar-refractivity contribution is -0.144. The van der Waals surface area contributed by atoms with E-state index < -0.39 is 47.0 Å². The van der Waals surface area contributed by atoms with Gasteiger partial charge in [0, 0.05) is 25.0 Å². The first-order valence-corrected chi connectivity index (χ1v) is 10.3. The lowest BCUT2D eigenvalue weighted by atomic mass is 10.0. The second kappa shape index (κ2) is 9.46. The van der Waals surface area contributed by atoms with E-state index in [-0.39, 0.29) is 35.2 Å². The average Bonchev–Trinajstić information content (AvgIpc) is 3.23. The van der Waals surface area contributed by atoms with Crippen LogP contribution in [0.15, 0.2) is 24.3 Å². The first-order chi connectivity index (χ1) is 15.9. The van der Waals surface area contributed by atoms with Gasteiger partial charge in [-0.25, -0.2) is 9.37 Å². The van der Waals surface area contributed by atoms with Gasteiger partial charge in [-0.2, -0.15) is 18.4 Å². The van der Waals surface area contributed by atoms with E-state index in [1.807, 2.05) is 0 Å². The molecular formula is C22H19ClF4N4O3. The summed E-state index contributed by atoms with van der Waals surface area (Å²) in [6.45, 7) is 1.14. The molecule has 1 aliphatic heterocycles. The molecule has 3 rings (SSSR count). The quantitative estimate of drug-likeness (QED) is 0.466. The van der Waals surface area contributed by atoms with E-state index in [0.29, 0.717) is 0 Å². The number of aromatic nitrogens is 1. The second-order valence-electron chi connectivity index (χ2n) is 7.74. The van der Waals surface area contributed by atoms with E-state index in [9.17, 15) is 32.4 Å². The van der Waals surface area contributed by atoms with Crippen LogP contribution in [0.3, 0.4) is 0 Å². The number of alkyl halides is 3. The fourth-order valence-electron chi connectivity index (χ4n) is 3.88. The highest BCUT2D eigenvalue weighted by Gasteiger charge is 2.45. The van der Waals surface area contributed by atoms with Crippen molar-refractivity contribution in [1.82, 2.24) is 4.98 Å². The summed E-state index contributed by atoms with van der Waals surface area (Å²) in [6, 6.07) is 4.74. The minimum Gasteiger partial charge on any atom is -0.469 e. The Labute approximate surface area is 197 Å².